The van der Waals surface area contributed by atoms with E-state index in [4.69, 9.17) is 4.98 Å². The molecule has 0 amide bonds. The maximum Gasteiger partial charge on any atom is 0.280 e. The van der Waals surface area contributed by atoms with Gasteiger partial charge in [-0.15, -0.1) is 0 Å². The van der Waals surface area contributed by atoms with Crippen LogP contribution in [0.25, 0.3) is 39.4 Å². The first-order valence-corrected chi connectivity index (χ1v) is 9.92. The second-order valence-corrected chi connectivity index (χ2v) is 7.43. The van der Waals surface area contributed by atoms with E-state index < -0.39 is 0 Å². The predicted octanol–water partition coefficient (Wildman–Crippen LogP) is 4.86. The third-order valence-electron chi connectivity index (χ3n) is 5.61. The standard InChI is InChI=1S/C25H18N4O/c30-25-18-11-5-7-13-20(18)27-24-23-22(17-10-4-6-12-19(17)26-23)21(28-29(24)25)15-14-16-8-2-1-3-9-16/h1-15,21,26,28H/b15-14+. The lowest BCUT2D eigenvalue weighted by Gasteiger charge is -2.26. The number of aromatic nitrogens is 3. The molecule has 5 nitrogen and oxygen atoms in total. The number of hydrogen-bond donors (Lipinski definition) is 2. The lowest BCUT2D eigenvalue weighted by Crippen LogP contribution is -2.36. The van der Waals surface area contributed by atoms with E-state index in [1.54, 1.807) is 4.68 Å². The zero-order valence-corrected chi connectivity index (χ0v) is 16.0. The second-order valence-electron chi connectivity index (χ2n) is 7.43. The highest BCUT2D eigenvalue weighted by Crippen LogP contribution is 2.38. The fourth-order valence-corrected chi connectivity index (χ4v) is 4.20. The highest BCUT2D eigenvalue weighted by atomic mass is 16.1. The number of nitrogens with zero attached hydrogens (tertiary/aromatic N) is 2. The minimum atomic E-state index is -0.176. The normalized spacial score (nSPS) is 15.3. The number of rotatable bonds is 2. The summed E-state index contributed by atoms with van der Waals surface area (Å²) < 4.78 is 1.57. The van der Waals surface area contributed by atoms with Gasteiger partial charge in [0.1, 0.15) is 0 Å². The Hall–Kier alpha value is -4.12. The Labute approximate surface area is 172 Å². The van der Waals surface area contributed by atoms with E-state index in [-0.39, 0.29) is 11.6 Å². The van der Waals surface area contributed by atoms with Crippen molar-refractivity contribution in [1.82, 2.24) is 14.6 Å². The Balaban J connectivity index is 1.61. The number of H-pyrrole nitrogens is 1. The summed E-state index contributed by atoms with van der Waals surface area (Å²) in [6.45, 7) is 0. The van der Waals surface area contributed by atoms with Crippen LogP contribution in [-0.4, -0.2) is 14.6 Å². The average Bonchev–Trinajstić information content (AvgIpc) is 3.19. The molecule has 6 rings (SSSR count). The van der Waals surface area contributed by atoms with Crippen molar-refractivity contribution in [3.8, 4) is 11.5 Å². The van der Waals surface area contributed by atoms with Crippen molar-refractivity contribution in [1.29, 1.82) is 0 Å². The molecule has 0 radical (unpaired) electrons. The first kappa shape index (κ1) is 16.8. The van der Waals surface area contributed by atoms with E-state index in [1.165, 1.54) is 0 Å². The van der Waals surface area contributed by atoms with Gasteiger partial charge in [0.25, 0.3) is 5.56 Å². The van der Waals surface area contributed by atoms with Crippen LogP contribution in [0.15, 0.2) is 89.7 Å². The molecule has 1 unspecified atom stereocenters. The first-order chi connectivity index (χ1) is 14.8. The SMILES string of the molecule is O=c1c2ccccc2nc2n1NC(/C=C/c1ccccc1)c1c-2[nH]c2ccccc12. The molecule has 0 bridgehead atoms. The maximum absolute atomic E-state index is 13.2. The zero-order chi connectivity index (χ0) is 20.1. The van der Waals surface area contributed by atoms with Crippen LogP contribution >= 0.6 is 0 Å². The van der Waals surface area contributed by atoms with E-state index in [0.717, 1.165) is 27.7 Å². The third-order valence-corrected chi connectivity index (χ3v) is 5.61. The van der Waals surface area contributed by atoms with Crippen molar-refractivity contribution in [2.75, 3.05) is 5.43 Å². The number of fused-ring (bicyclic) bond motifs is 6. The Morgan fingerprint density at radius 1 is 0.867 bits per heavy atom. The van der Waals surface area contributed by atoms with Gasteiger partial charge in [-0.05, 0) is 23.8 Å². The summed E-state index contributed by atoms with van der Waals surface area (Å²) in [5.74, 6) is 0.606. The molecule has 1 aliphatic rings. The number of nitrogens with one attached hydrogen (secondary N) is 2. The van der Waals surface area contributed by atoms with Crippen LogP contribution in [0.2, 0.25) is 0 Å². The molecule has 1 aliphatic heterocycles. The van der Waals surface area contributed by atoms with Crippen molar-refractivity contribution < 1.29 is 0 Å². The van der Waals surface area contributed by atoms with Crippen LogP contribution in [0.3, 0.4) is 0 Å². The van der Waals surface area contributed by atoms with E-state index >= 15 is 0 Å². The minimum Gasteiger partial charge on any atom is -0.352 e. The van der Waals surface area contributed by atoms with Crippen LogP contribution < -0.4 is 11.0 Å². The zero-order valence-electron chi connectivity index (χ0n) is 16.0. The second kappa shape index (κ2) is 6.46. The van der Waals surface area contributed by atoms with Crippen molar-refractivity contribution in [3.05, 3.63) is 106 Å². The lowest BCUT2D eigenvalue weighted by molar-refractivity contribution is 0.726. The van der Waals surface area contributed by atoms with E-state index in [9.17, 15) is 4.79 Å². The number of aromatic amines is 1. The largest absolute Gasteiger partial charge is 0.352 e. The third kappa shape index (κ3) is 2.49. The fourth-order valence-electron chi connectivity index (χ4n) is 4.20. The van der Waals surface area contributed by atoms with Crippen LogP contribution in [0.1, 0.15) is 17.2 Å². The molecule has 0 saturated heterocycles. The van der Waals surface area contributed by atoms with E-state index in [1.807, 2.05) is 54.6 Å². The van der Waals surface area contributed by atoms with E-state index in [0.29, 0.717) is 16.7 Å². The fraction of sp³-hybridized carbons (Fsp3) is 0.0400. The molecule has 5 aromatic rings. The lowest BCUT2D eigenvalue weighted by atomic mass is 9.99. The van der Waals surface area contributed by atoms with Gasteiger partial charge in [-0.3, -0.25) is 4.79 Å². The highest BCUT2D eigenvalue weighted by molar-refractivity contribution is 5.92. The molecule has 2 aromatic heterocycles. The van der Waals surface area contributed by atoms with Gasteiger partial charge < -0.3 is 10.4 Å². The molecule has 0 aliphatic carbocycles. The monoisotopic (exact) mass is 390 g/mol. The van der Waals surface area contributed by atoms with Crippen molar-refractivity contribution >= 4 is 27.9 Å². The molecule has 144 valence electrons. The van der Waals surface area contributed by atoms with Crippen LogP contribution in [0, 0.1) is 0 Å². The Morgan fingerprint density at radius 2 is 1.60 bits per heavy atom. The molecule has 5 heteroatoms. The van der Waals surface area contributed by atoms with Gasteiger partial charge in [-0.1, -0.05) is 72.8 Å². The van der Waals surface area contributed by atoms with Gasteiger partial charge >= 0.3 is 0 Å². The molecule has 0 spiro atoms. The summed E-state index contributed by atoms with van der Waals surface area (Å²) in [6.07, 6.45) is 4.17. The van der Waals surface area contributed by atoms with Crippen LogP contribution in [0.5, 0.6) is 0 Å². The first-order valence-electron chi connectivity index (χ1n) is 9.92. The van der Waals surface area contributed by atoms with Crippen molar-refractivity contribution in [3.63, 3.8) is 0 Å². The maximum atomic E-state index is 13.2. The minimum absolute atomic E-state index is 0.0991. The molecule has 0 saturated carbocycles. The molecule has 30 heavy (non-hydrogen) atoms. The summed E-state index contributed by atoms with van der Waals surface area (Å²) in [4.78, 5) is 21.5. The molecular formula is C25H18N4O. The summed E-state index contributed by atoms with van der Waals surface area (Å²) >= 11 is 0. The molecule has 3 aromatic carbocycles. The molecular weight excluding hydrogens is 372 g/mol. The summed E-state index contributed by atoms with van der Waals surface area (Å²) in [7, 11) is 0. The van der Waals surface area contributed by atoms with Gasteiger partial charge in [0.15, 0.2) is 5.82 Å². The van der Waals surface area contributed by atoms with Crippen LogP contribution in [-0.2, 0) is 0 Å². The van der Waals surface area contributed by atoms with Gasteiger partial charge in [0, 0.05) is 16.5 Å². The topological polar surface area (TPSA) is 62.7 Å². The quantitative estimate of drug-likeness (QED) is 0.453. The van der Waals surface area contributed by atoms with Crippen molar-refractivity contribution in [2.24, 2.45) is 0 Å². The summed E-state index contributed by atoms with van der Waals surface area (Å²) in [5, 5.41) is 1.72. The average molecular weight is 390 g/mol. The molecule has 2 N–H and O–H groups in total. The van der Waals surface area contributed by atoms with Gasteiger partial charge in [-0.25, -0.2) is 9.66 Å². The number of benzene rings is 3. The van der Waals surface area contributed by atoms with Gasteiger partial charge in [-0.2, -0.15) is 0 Å². The Morgan fingerprint density at radius 3 is 2.47 bits per heavy atom. The van der Waals surface area contributed by atoms with Crippen molar-refractivity contribution in [2.45, 2.75) is 6.04 Å². The smallest absolute Gasteiger partial charge is 0.280 e. The van der Waals surface area contributed by atoms with Gasteiger partial charge in [0.2, 0.25) is 0 Å². The molecule has 0 fully saturated rings. The summed E-state index contributed by atoms with van der Waals surface area (Å²) in [6, 6.07) is 25.6. The summed E-state index contributed by atoms with van der Waals surface area (Å²) in [5.41, 5.74) is 8.10. The number of para-hydroxylation sites is 2. The predicted molar refractivity (Wildman–Crippen MR) is 121 cm³/mol. The van der Waals surface area contributed by atoms with Crippen LogP contribution in [0.4, 0.5) is 0 Å². The highest BCUT2D eigenvalue weighted by Gasteiger charge is 2.29. The van der Waals surface area contributed by atoms with Gasteiger partial charge in [0.05, 0.1) is 22.6 Å². The Kier molecular flexibility index (Phi) is 3.62. The van der Waals surface area contributed by atoms with E-state index in [2.05, 4.69) is 46.8 Å². The number of hydrogen-bond acceptors (Lipinski definition) is 3. The molecule has 3 heterocycles. The molecule has 1 atom stereocenters. The Bertz CT molecular complexity index is 1490.